The fourth-order valence-electron chi connectivity index (χ4n) is 12.7. The zero-order chi connectivity index (χ0) is 90.4. The molecule has 11 N–H and O–H groups in total. The summed E-state index contributed by atoms with van der Waals surface area (Å²) in [6.45, 7) is 13.1. The molecule has 2 aromatic carbocycles. The van der Waals surface area contributed by atoms with Crippen LogP contribution in [-0.2, 0) is 123 Å². The summed E-state index contributed by atoms with van der Waals surface area (Å²) in [6, 6.07) is 12.7. The van der Waals surface area contributed by atoms with Gasteiger partial charge in [-0.25, -0.2) is 24.0 Å². The van der Waals surface area contributed by atoms with Crippen LogP contribution in [0.5, 0.6) is 11.5 Å². The number of nitrogens with zero attached hydrogens (tertiary/aromatic N) is 12. The first-order valence-electron chi connectivity index (χ1n) is 40.5. The van der Waals surface area contributed by atoms with Gasteiger partial charge in [-0.15, -0.1) is 5.10 Å². The monoisotopic (exact) mass is 1750 g/mol. The third-order valence-electron chi connectivity index (χ3n) is 19.0. The fraction of sp³-hybridized carbons (Fsp3) is 0.434. The van der Waals surface area contributed by atoms with Gasteiger partial charge in [0.25, 0.3) is 29.2 Å². The SMILES string of the molecule is Cc1cc(F)cc(C)c1Oc1ccc(C(C)(C)O)cc1-c1cn(C)c(=O)c2[nH]c(NC(=O)Cc3cn(CCOCCOCCOCCOCCOCCOCCOCCOCCNC(=O)CCNC(=O)c4nc(NC(=O)CCNC(=O)c5cc(NC(=O)c6nc(NC(=O)CCC(=O)Nc7cc(NC(=O)c8nccn8C)cn7C)cn6C)cn5C)cn4C)nn3)cc12. The number of halogens is 1. The molecule has 42 nitrogen and oxygen atoms in total. The van der Waals surface area contributed by atoms with Crippen LogP contribution in [0.2, 0.25) is 0 Å². The van der Waals surface area contributed by atoms with Crippen LogP contribution in [0.25, 0.3) is 22.0 Å². The van der Waals surface area contributed by atoms with Gasteiger partial charge in [-0.1, -0.05) is 11.3 Å². The Labute approximate surface area is 723 Å². The molecule has 8 heterocycles. The Balaban J connectivity index is 0.476. The number of amides is 9. The number of rotatable bonds is 52. The molecule has 0 spiro atoms. The van der Waals surface area contributed by atoms with Crippen molar-refractivity contribution in [3.05, 3.63) is 160 Å². The Morgan fingerprint density at radius 2 is 1.01 bits per heavy atom. The van der Waals surface area contributed by atoms with Crippen LogP contribution in [0, 0.1) is 19.7 Å². The van der Waals surface area contributed by atoms with E-state index in [1.807, 2.05) is 0 Å². The number of carbonyl (C=O) groups excluding carboxylic acids is 9. The largest absolute Gasteiger partial charge is 0.456 e. The van der Waals surface area contributed by atoms with Crippen molar-refractivity contribution in [3.63, 3.8) is 0 Å². The summed E-state index contributed by atoms with van der Waals surface area (Å²) in [5.41, 5.74) is 2.86. The number of aliphatic hydroxyl groups is 1. The zero-order valence-corrected chi connectivity index (χ0v) is 71.9. The summed E-state index contributed by atoms with van der Waals surface area (Å²) in [5.74, 6) is -2.99. The van der Waals surface area contributed by atoms with Crippen molar-refractivity contribution >= 4 is 98.7 Å². The van der Waals surface area contributed by atoms with Crippen LogP contribution >= 0.6 is 0 Å². The first-order valence-corrected chi connectivity index (χ1v) is 40.5. The summed E-state index contributed by atoms with van der Waals surface area (Å²) in [7, 11) is 9.68. The molecule has 9 amide bonds. The quantitative estimate of drug-likeness (QED) is 0.0231. The number of nitrogens with one attached hydrogen (secondary N) is 10. The van der Waals surface area contributed by atoms with Crippen LogP contribution in [-0.4, -0.2) is 246 Å². The fourth-order valence-corrected chi connectivity index (χ4v) is 12.7. The van der Waals surface area contributed by atoms with Crippen molar-refractivity contribution in [2.24, 2.45) is 42.3 Å². The second kappa shape index (κ2) is 46.5. The van der Waals surface area contributed by atoms with E-state index < -0.39 is 52.9 Å². The van der Waals surface area contributed by atoms with E-state index in [2.05, 4.69) is 78.1 Å². The highest BCUT2D eigenvalue weighted by Crippen LogP contribution is 2.41. The van der Waals surface area contributed by atoms with Crippen molar-refractivity contribution in [3.8, 4) is 22.6 Å². The van der Waals surface area contributed by atoms with E-state index in [0.717, 1.165) is 0 Å². The summed E-state index contributed by atoms with van der Waals surface area (Å²) < 4.78 is 75.7. The molecule has 0 aliphatic rings. The summed E-state index contributed by atoms with van der Waals surface area (Å²) in [4.78, 5) is 145. The summed E-state index contributed by atoms with van der Waals surface area (Å²) in [6.07, 6.45) is 11.8. The van der Waals surface area contributed by atoms with Crippen LogP contribution < -0.4 is 58.1 Å². The van der Waals surface area contributed by atoms with Gasteiger partial charge in [-0.3, -0.25) is 47.9 Å². The zero-order valence-electron chi connectivity index (χ0n) is 71.9. The maximum absolute atomic E-state index is 14.2. The molecule has 0 aliphatic carbocycles. The number of H-pyrrole nitrogens is 1. The van der Waals surface area contributed by atoms with Crippen molar-refractivity contribution < 1.29 is 95.3 Å². The highest BCUT2D eigenvalue weighted by molar-refractivity contribution is 6.05. The lowest BCUT2D eigenvalue weighted by atomic mass is 9.93. The van der Waals surface area contributed by atoms with Gasteiger partial charge >= 0.3 is 0 Å². The first-order chi connectivity index (χ1) is 60.4. The Hall–Kier alpha value is -13.1. The van der Waals surface area contributed by atoms with E-state index in [0.29, 0.717) is 168 Å². The summed E-state index contributed by atoms with van der Waals surface area (Å²) in [5, 5.41) is 43.9. The number of hydrogen-bond acceptors (Lipinski definition) is 25. The van der Waals surface area contributed by atoms with Crippen molar-refractivity contribution in [1.29, 1.82) is 0 Å². The smallest absolute Gasteiger partial charge is 0.291 e. The molecule has 10 aromatic rings. The van der Waals surface area contributed by atoms with Gasteiger partial charge in [0.15, 0.2) is 17.5 Å². The Morgan fingerprint density at radius 1 is 0.484 bits per heavy atom. The molecule has 126 heavy (non-hydrogen) atoms. The van der Waals surface area contributed by atoms with Gasteiger partial charge in [0.2, 0.25) is 41.2 Å². The number of imidazole rings is 3. The first kappa shape index (κ1) is 95.1. The molecular weight excluding hydrogens is 1640 g/mol. The predicted octanol–water partition coefficient (Wildman–Crippen LogP) is 4.65. The molecule has 0 atom stereocenters. The minimum atomic E-state index is -1.22. The Morgan fingerprint density at radius 3 is 1.59 bits per heavy atom. The average Bonchev–Trinajstić information content (AvgIpc) is 1.40. The second-order valence-corrected chi connectivity index (χ2v) is 29.6. The molecule has 8 aromatic heterocycles. The standard InChI is InChI=1S/C83H107FN22O20/c1-52-39-55(84)40-53(2)74(52)126-63-12-11-54(83(3,4)117)41-59(63)61-49-105(10)82(116)73-60(61)45-64(94-73)91-72(111)44-58-48-106(99-98-58)22-24-119-26-28-121-30-32-123-34-36-125-38-37-124-35-33-122-31-29-120-27-25-118-23-20-85-68(107)15-17-88-79(113)76-95-66(50-103(76)8)93-71(110)16-18-87-78(112)62-42-56(46-101(62)6)89-81(115)77-96-65(51-104(77)9)92-69(108)13-14-70(109)97-67-43-57(47-102(67)7)90-80(114)75-86-19-21-100(75)5/h11-12,19,21,39-43,45-51,94,117H,13-18,20,22-38,44H2,1-10H3,(H,85,107)(H,87,112)(H,88,113)(H,89,115)(H,90,114)(H,91,111)(H,92,108)(H,93,110)(H,97,109). The van der Waals surface area contributed by atoms with E-state index in [1.165, 1.54) is 61.3 Å². The number of hydrogen-bond donors (Lipinski definition) is 11. The number of aromatic amines is 1. The topological polar surface area (TPSA) is 497 Å². The van der Waals surface area contributed by atoms with Gasteiger partial charge in [0.05, 0.1) is 141 Å². The van der Waals surface area contributed by atoms with Crippen LogP contribution in [0.15, 0.2) is 103 Å². The molecule has 43 heteroatoms. The number of ether oxygens (including phenoxy) is 9. The molecule has 0 bridgehead atoms. The summed E-state index contributed by atoms with van der Waals surface area (Å²) >= 11 is 0. The predicted molar refractivity (Wildman–Crippen MR) is 457 cm³/mol. The van der Waals surface area contributed by atoms with Crippen molar-refractivity contribution in [2.45, 2.75) is 71.9 Å². The molecule has 0 saturated heterocycles. The number of benzene rings is 2. The van der Waals surface area contributed by atoms with E-state index in [1.54, 1.807) is 139 Å². The van der Waals surface area contributed by atoms with Crippen LogP contribution in [0.4, 0.5) is 39.0 Å². The number of anilines is 6. The number of fused-ring (bicyclic) bond motifs is 1. The van der Waals surface area contributed by atoms with E-state index >= 15 is 0 Å². The van der Waals surface area contributed by atoms with Crippen LogP contribution in [0.3, 0.4) is 0 Å². The minimum Gasteiger partial charge on any atom is -0.456 e. The van der Waals surface area contributed by atoms with Gasteiger partial charge in [-0.05, 0) is 80.8 Å². The van der Waals surface area contributed by atoms with Gasteiger partial charge in [-0.2, -0.15) is 0 Å². The van der Waals surface area contributed by atoms with Crippen molar-refractivity contribution in [1.82, 2.24) is 78.3 Å². The Kier molecular flexibility index (Phi) is 35.1. The lowest BCUT2D eigenvalue weighted by Crippen LogP contribution is -2.33. The molecular formula is C83H107FN22O20. The van der Waals surface area contributed by atoms with Crippen LogP contribution in [0.1, 0.15) is 104 Å². The van der Waals surface area contributed by atoms with E-state index in [9.17, 15) is 57.4 Å². The van der Waals surface area contributed by atoms with Crippen molar-refractivity contribution in [2.75, 3.05) is 157 Å². The lowest BCUT2D eigenvalue weighted by molar-refractivity contribution is -0.121. The molecule has 0 unspecified atom stereocenters. The van der Waals surface area contributed by atoms with Gasteiger partial charge in [0.1, 0.15) is 40.2 Å². The Bertz CT molecular complexity index is 5470. The van der Waals surface area contributed by atoms with E-state index in [4.69, 9.17) is 42.6 Å². The number of pyridine rings is 1. The average molecular weight is 1750 g/mol. The highest BCUT2D eigenvalue weighted by Gasteiger charge is 2.26. The third kappa shape index (κ3) is 28.7. The molecule has 0 saturated carbocycles. The molecule has 0 radical (unpaired) electrons. The normalized spacial score (nSPS) is 11.4. The maximum Gasteiger partial charge on any atom is 0.291 e. The molecule has 676 valence electrons. The third-order valence-corrected chi connectivity index (χ3v) is 19.0. The number of aryl methyl sites for hydroxylation is 8. The molecule has 0 aliphatic heterocycles. The molecule has 10 rings (SSSR count). The maximum atomic E-state index is 14.2. The molecule has 0 fully saturated rings. The lowest BCUT2D eigenvalue weighted by Gasteiger charge is -2.22. The minimum absolute atomic E-state index is 0.0102. The second-order valence-electron chi connectivity index (χ2n) is 29.6. The number of aromatic nitrogens is 13. The highest BCUT2D eigenvalue weighted by atomic mass is 19.1. The van der Waals surface area contributed by atoms with Gasteiger partial charge < -0.3 is 128 Å². The van der Waals surface area contributed by atoms with E-state index in [-0.39, 0.29) is 127 Å². The number of carbonyl (C=O) groups is 9. The van der Waals surface area contributed by atoms with Gasteiger partial charge in [0, 0.05) is 160 Å².